The van der Waals surface area contributed by atoms with E-state index < -0.39 is 18.8 Å². The van der Waals surface area contributed by atoms with Crippen LogP contribution in [0.25, 0.3) is 0 Å². The molecule has 2 aromatic rings. The zero-order valence-corrected chi connectivity index (χ0v) is 27.8. The molecule has 42 heavy (non-hydrogen) atoms. The summed E-state index contributed by atoms with van der Waals surface area (Å²) < 4.78 is 30.8. The lowest BCUT2D eigenvalue weighted by Gasteiger charge is -2.54. The van der Waals surface area contributed by atoms with Crippen LogP contribution in [0.5, 0.6) is 5.75 Å². The van der Waals surface area contributed by atoms with Crippen molar-refractivity contribution >= 4 is 30.8 Å². The first-order valence-corrected chi connectivity index (χ1v) is 17.2. The number of amides is 1. The van der Waals surface area contributed by atoms with E-state index in [1.807, 2.05) is 12.1 Å². The average molecular weight is 615 g/mol. The standard InChI is InChI=1S/C33H47N2O5PS/c1-8-39-41(37,40-9-2)29(25-12-10-13-26(21-25)38-7)34-31(42)35-30(36)33(6)19-11-18-32(5)27-16-14-23(22(3)4)20-24(27)15-17-28(32)33/h10,12-14,16,20-22,28-29H,8-9,11,15,17-19H2,1-7H3,(H2,34,35,36,42)/t28-,29?,32-,33-/m1/s1. The zero-order chi connectivity index (χ0) is 30.7. The Morgan fingerprint density at radius 1 is 1.07 bits per heavy atom. The number of nitrogens with one attached hydrogen (secondary N) is 2. The van der Waals surface area contributed by atoms with Gasteiger partial charge in [0, 0.05) is 0 Å². The summed E-state index contributed by atoms with van der Waals surface area (Å²) in [6, 6.07) is 14.1. The highest BCUT2D eigenvalue weighted by Gasteiger charge is 2.55. The van der Waals surface area contributed by atoms with Crippen LogP contribution in [-0.4, -0.2) is 31.3 Å². The number of ether oxygens (including phenoxy) is 1. The van der Waals surface area contributed by atoms with E-state index in [9.17, 15) is 9.36 Å². The Hall–Kier alpha value is -2.25. The molecule has 0 bridgehead atoms. The molecule has 9 heteroatoms. The molecule has 2 aliphatic carbocycles. The van der Waals surface area contributed by atoms with Gasteiger partial charge in [0.15, 0.2) is 10.9 Å². The van der Waals surface area contributed by atoms with Gasteiger partial charge in [0.1, 0.15) is 5.75 Å². The smallest absolute Gasteiger partial charge is 0.357 e. The fourth-order valence-electron chi connectivity index (χ4n) is 7.25. The van der Waals surface area contributed by atoms with Gasteiger partial charge in [0.25, 0.3) is 0 Å². The minimum absolute atomic E-state index is 0.0920. The van der Waals surface area contributed by atoms with Crippen molar-refractivity contribution in [3.63, 3.8) is 0 Å². The van der Waals surface area contributed by atoms with E-state index in [-0.39, 0.29) is 35.6 Å². The lowest BCUT2D eigenvalue weighted by Crippen LogP contribution is -2.57. The van der Waals surface area contributed by atoms with Crippen LogP contribution < -0.4 is 15.4 Å². The van der Waals surface area contributed by atoms with Crippen LogP contribution >= 0.6 is 19.8 Å². The second-order valence-electron chi connectivity index (χ2n) is 12.3. The number of benzene rings is 2. The minimum Gasteiger partial charge on any atom is -0.497 e. The molecule has 0 saturated heterocycles. The topological polar surface area (TPSA) is 85.9 Å². The van der Waals surface area contributed by atoms with E-state index in [0.717, 1.165) is 32.1 Å². The van der Waals surface area contributed by atoms with Crippen molar-refractivity contribution in [2.45, 2.75) is 90.8 Å². The van der Waals surface area contributed by atoms with Crippen molar-refractivity contribution in [2.75, 3.05) is 20.3 Å². The number of thiocarbonyl (C=S) groups is 1. The Labute approximate surface area is 257 Å². The lowest BCUT2D eigenvalue weighted by molar-refractivity contribution is -0.137. The predicted octanol–water partition coefficient (Wildman–Crippen LogP) is 7.78. The maximum Gasteiger partial charge on any atom is 0.357 e. The molecule has 2 aromatic carbocycles. The zero-order valence-electron chi connectivity index (χ0n) is 26.1. The van der Waals surface area contributed by atoms with E-state index in [1.165, 1.54) is 16.7 Å². The quantitative estimate of drug-likeness (QED) is 0.209. The Kier molecular flexibility index (Phi) is 10.2. The normalized spacial score (nSPS) is 24.3. The fourth-order valence-corrected chi connectivity index (χ4v) is 9.45. The summed E-state index contributed by atoms with van der Waals surface area (Å²) in [5.41, 5.74) is 4.09. The minimum atomic E-state index is -3.72. The summed E-state index contributed by atoms with van der Waals surface area (Å²) in [5.74, 6) is 0.219. The van der Waals surface area contributed by atoms with Gasteiger partial charge in [0.2, 0.25) is 5.91 Å². The summed E-state index contributed by atoms with van der Waals surface area (Å²) in [4.78, 5) is 14.1. The molecule has 230 valence electrons. The average Bonchev–Trinajstić information content (AvgIpc) is 2.95. The molecule has 0 radical (unpaired) electrons. The molecular formula is C33H47N2O5PS. The van der Waals surface area contributed by atoms with Gasteiger partial charge in [0.05, 0.1) is 25.7 Å². The highest BCUT2D eigenvalue weighted by Crippen LogP contribution is 2.60. The van der Waals surface area contributed by atoms with Crippen LogP contribution in [0, 0.1) is 11.3 Å². The predicted molar refractivity (Wildman–Crippen MR) is 172 cm³/mol. The van der Waals surface area contributed by atoms with Gasteiger partial charge in [-0.15, -0.1) is 0 Å². The van der Waals surface area contributed by atoms with Crippen LogP contribution in [0.15, 0.2) is 42.5 Å². The van der Waals surface area contributed by atoms with Crippen molar-refractivity contribution in [2.24, 2.45) is 11.3 Å². The lowest BCUT2D eigenvalue weighted by atomic mass is 9.49. The number of carbonyl (C=O) groups is 1. The third-order valence-electron chi connectivity index (χ3n) is 9.40. The summed E-state index contributed by atoms with van der Waals surface area (Å²) in [6.45, 7) is 12.8. The number of rotatable bonds is 10. The van der Waals surface area contributed by atoms with E-state index in [1.54, 1.807) is 33.1 Å². The first kappa shape index (κ1) is 32.7. The number of aryl methyl sites for hydroxylation is 1. The maximum absolute atomic E-state index is 14.1. The first-order valence-electron chi connectivity index (χ1n) is 15.2. The Morgan fingerprint density at radius 3 is 2.43 bits per heavy atom. The van der Waals surface area contributed by atoms with E-state index in [2.05, 4.69) is 56.5 Å². The van der Waals surface area contributed by atoms with Crippen molar-refractivity contribution in [3.8, 4) is 5.75 Å². The van der Waals surface area contributed by atoms with Crippen molar-refractivity contribution in [3.05, 3.63) is 64.7 Å². The largest absolute Gasteiger partial charge is 0.497 e. The van der Waals surface area contributed by atoms with Crippen LogP contribution in [0.2, 0.25) is 0 Å². The van der Waals surface area contributed by atoms with Gasteiger partial charge >= 0.3 is 7.60 Å². The van der Waals surface area contributed by atoms with Gasteiger partial charge in [-0.3, -0.25) is 9.36 Å². The molecule has 0 spiro atoms. The van der Waals surface area contributed by atoms with Gasteiger partial charge in [-0.2, -0.15) is 0 Å². The molecule has 4 rings (SSSR count). The summed E-state index contributed by atoms with van der Waals surface area (Å²) in [5, 5.41) is 6.21. The molecule has 2 aliphatic rings. The van der Waals surface area contributed by atoms with Gasteiger partial charge in [-0.25, -0.2) is 0 Å². The molecule has 2 N–H and O–H groups in total. The van der Waals surface area contributed by atoms with Gasteiger partial charge in [-0.1, -0.05) is 64.4 Å². The summed E-state index contributed by atoms with van der Waals surface area (Å²) in [6.07, 6.45) is 4.72. The second kappa shape index (κ2) is 13.2. The maximum atomic E-state index is 14.1. The molecule has 0 heterocycles. The molecule has 1 unspecified atom stereocenters. The second-order valence-corrected chi connectivity index (χ2v) is 14.9. The number of hydrogen-bond acceptors (Lipinski definition) is 6. The van der Waals surface area contributed by atoms with E-state index in [0.29, 0.717) is 17.2 Å². The first-order chi connectivity index (χ1) is 19.9. The number of methoxy groups -OCH3 is 1. The number of hydrogen-bond donors (Lipinski definition) is 2. The molecular weight excluding hydrogens is 567 g/mol. The highest BCUT2D eigenvalue weighted by atomic mass is 32.1. The molecule has 4 atom stereocenters. The third kappa shape index (κ3) is 6.33. The molecule has 1 amide bonds. The molecule has 1 fully saturated rings. The molecule has 0 aliphatic heterocycles. The number of carbonyl (C=O) groups excluding carboxylic acids is 1. The Balaban J connectivity index is 1.59. The molecule has 7 nitrogen and oxygen atoms in total. The van der Waals surface area contributed by atoms with Gasteiger partial charge in [-0.05, 0) is 103 Å². The summed E-state index contributed by atoms with van der Waals surface area (Å²) >= 11 is 5.69. The third-order valence-corrected chi connectivity index (χ3v) is 11.9. The van der Waals surface area contributed by atoms with Gasteiger partial charge < -0.3 is 24.4 Å². The van der Waals surface area contributed by atoms with Crippen molar-refractivity contribution in [1.82, 2.24) is 10.6 Å². The van der Waals surface area contributed by atoms with E-state index in [4.69, 9.17) is 26.0 Å². The Bertz CT molecular complexity index is 1340. The number of fused-ring (bicyclic) bond motifs is 3. The molecule has 0 aromatic heterocycles. The van der Waals surface area contributed by atoms with E-state index >= 15 is 0 Å². The SMILES string of the molecule is CCOP(=O)(OCC)C(NC(=S)NC(=O)[C@]1(C)CCC[C@]2(C)c3ccc(C(C)C)cc3CC[C@@H]12)c1cccc(OC)c1. The van der Waals surface area contributed by atoms with Crippen LogP contribution in [0.3, 0.4) is 0 Å². The highest BCUT2D eigenvalue weighted by molar-refractivity contribution is 7.80. The van der Waals surface area contributed by atoms with Crippen molar-refractivity contribution < 1.29 is 23.1 Å². The monoisotopic (exact) mass is 614 g/mol. The van der Waals surface area contributed by atoms with Crippen LogP contribution in [0.4, 0.5) is 0 Å². The molecule has 1 saturated carbocycles. The Morgan fingerprint density at radius 2 is 1.79 bits per heavy atom. The van der Waals surface area contributed by atoms with Crippen LogP contribution in [0.1, 0.15) is 101 Å². The fraction of sp³-hybridized carbons (Fsp3) is 0.576. The summed E-state index contributed by atoms with van der Waals surface area (Å²) in [7, 11) is -2.14. The van der Waals surface area contributed by atoms with Crippen LogP contribution in [-0.2, 0) is 30.2 Å². The van der Waals surface area contributed by atoms with Crippen molar-refractivity contribution in [1.29, 1.82) is 0 Å².